The third-order valence-corrected chi connectivity index (χ3v) is 5.08. The van der Waals surface area contributed by atoms with Crippen LogP contribution in [0.2, 0.25) is 0 Å². The Morgan fingerprint density at radius 3 is 2.70 bits per heavy atom. The summed E-state index contributed by atoms with van der Waals surface area (Å²) in [6.45, 7) is 1.77. The molecule has 1 aliphatic heterocycles. The Bertz CT molecular complexity index is 738. The average molecular weight is 370 g/mol. The van der Waals surface area contributed by atoms with E-state index in [0.29, 0.717) is 38.2 Å². The molecule has 0 saturated carbocycles. The maximum atomic E-state index is 13.7. The lowest BCUT2D eigenvalue weighted by Gasteiger charge is -2.27. The summed E-state index contributed by atoms with van der Waals surface area (Å²) in [6, 6.07) is 16.1. The van der Waals surface area contributed by atoms with Crippen LogP contribution >= 0.6 is 0 Å². The Hall–Kier alpha value is -2.24. The minimum atomic E-state index is -0.612. The van der Waals surface area contributed by atoms with Gasteiger partial charge in [-0.05, 0) is 42.9 Å². The van der Waals surface area contributed by atoms with Crippen molar-refractivity contribution in [2.75, 3.05) is 13.2 Å². The molecule has 0 aliphatic carbocycles. The van der Waals surface area contributed by atoms with E-state index in [-0.39, 0.29) is 17.8 Å². The first kappa shape index (κ1) is 19.5. The fourth-order valence-electron chi connectivity index (χ4n) is 3.53. The summed E-state index contributed by atoms with van der Waals surface area (Å²) in [5, 5.41) is 0. The van der Waals surface area contributed by atoms with Gasteiger partial charge in [-0.1, -0.05) is 48.5 Å². The molecule has 2 aromatic carbocycles. The molecule has 0 radical (unpaired) electrons. The van der Waals surface area contributed by atoms with Crippen molar-refractivity contribution in [3.8, 4) is 0 Å². The van der Waals surface area contributed by atoms with E-state index in [0.717, 1.165) is 18.4 Å². The van der Waals surface area contributed by atoms with Crippen LogP contribution < -0.4 is 5.73 Å². The van der Waals surface area contributed by atoms with Crippen LogP contribution in [0.5, 0.6) is 0 Å². The Morgan fingerprint density at radius 2 is 1.93 bits per heavy atom. The maximum Gasteiger partial charge on any atom is 0.239 e. The molecule has 144 valence electrons. The summed E-state index contributed by atoms with van der Waals surface area (Å²) in [6.07, 6.45) is 2.79. The molecular formula is C22H27FN2O2. The largest absolute Gasteiger partial charge is 0.375 e. The zero-order valence-corrected chi connectivity index (χ0v) is 15.5. The molecule has 1 heterocycles. The number of hydrogen-bond donors (Lipinski definition) is 1. The van der Waals surface area contributed by atoms with Crippen molar-refractivity contribution in [1.29, 1.82) is 0 Å². The zero-order chi connectivity index (χ0) is 19.1. The normalized spacial score (nSPS) is 17.9. The number of hydrogen-bond acceptors (Lipinski definition) is 3. The molecule has 2 atom stereocenters. The number of aryl methyl sites for hydroxylation is 1. The van der Waals surface area contributed by atoms with Gasteiger partial charge in [-0.3, -0.25) is 4.79 Å². The van der Waals surface area contributed by atoms with Gasteiger partial charge in [0.1, 0.15) is 5.82 Å². The first-order chi connectivity index (χ1) is 13.1. The summed E-state index contributed by atoms with van der Waals surface area (Å²) < 4.78 is 19.6. The lowest BCUT2D eigenvalue weighted by Crippen LogP contribution is -2.47. The van der Waals surface area contributed by atoms with E-state index >= 15 is 0 Å². The Kier molecular flexibility index (Phi) is 6.96. The predicted octanol–water partition coefficient (Wildman–Crippen LogP) is 3.29. The van der Waals surface area contributed by atoms with Crippen LogP contribution in [0.15, 0.2) is 54.6 Å². The van der Waals surface area contributed by atoms with E-state index in [2.05, 4.69) is 0 Å². The number of nitrogens with two attached hydrogens (primary N) is 1. The molecule has 1 saturated heterocycles. The van der Waals surface area contributed by atoms with Gasteiger partial charge in [0.25, 0.3) is 0 Å². The standard InChI is InChI=1S/C22H27FN2O2/c23-20-11-5-4-9-18(20)12-13-21(24)22(26)25-14-6-10-19(25)16-27-15-17-7-2-1-3-8-17/h1-5,7-9,11,19,21H,6,10,12-16,24H2/t19-,21?/m0/s1. The Balaban J connectivity index is 1.48. The number of halogens is 1. The first-order valence-corrected chi connectivity index (χ1v) is 9.56. The van der Waals surface area contributed by atoms with Crippen LogP contribution in [0.3, 0.4) is 0 Å². The first-order valence-electron chi connectivity index (χ1n) is 9.56. The van der Waals surface area contributed by atoms with Crippen LogP contribution in [-0.2, 0) is 22.6 Å². The van der Waals surface area contributed by atoms with E-state index in [4.69, 9.17) is 10.5 Å². The minimum absolute atomic E-state index is 0.0582. The molecule has 27 heavy (non-hydrogen) atoms. The number of likely N-dealkylation sites (tertiary alicyclic amines) is 1. The number of carbonyl (C=O) groups excluding carboxylic acids is 1. The van der Waals surface area contributed by atoms with Gasteiger partial charge in [0.15, 0.2) is 0 Å². The highest BCUT2D eigenvalue weighted by Crippen LogP contribution is 2.20. The molecule has 5 heteroatoms. The van der Waals surface area contributed by atoms with Gasteiger partial charge in [0.05, 0.1) is 25.3 Å². The van der Waals surface area contributed by atoms with E-state index in [1.165, 1.54) is 6.07 Å². The molecule has 1 amide bonds. The van der Waals surface area contributed by atoms with Crippen molar-refractivity contribution >= 4 is 5.91 Å². The second-order valence-corrected chi connectivity index (χ2v) is 7.06. The van der Waals surface area contributed by atoms with Gasteiger partial charge in [-0.15, -0.1) is 0 Å². The smallest absolute Gasteiger partial charge is 0.239 e. The van der Waals surface area contributed by atoms with Gasteiger partial charge in [-0.25, -0.2) is 4.39 Å². The van der Waals surface area contributed by atoms with Crippen molar-refractivity contribution in [2.24, 2.45) is 5.73 Å². The van der Waals surface area contributed by atoms with Crippen molar-refractivity contribution in [1.82, 2.24) is 4.90 Å². The monoisotopic (exact) mass is 370 g/mol. The average Bonchev–Trinajstić information content (AvgIpc) is 3.16. The van der Waals surface area contributed by atoms with Crippen LogP contribution in [0.1, 0.15) is 30.4 Å². The number of ether oxygens (including phenoxy) is 1. The van der Waals surface area contributed by atoms with Crippen molar-refractivity contribution in [3.05, 3.63) is 71.5 Å². The topological polar surface area (TPSA) is 55.6 Å². The molecule has 1 fully saturated rings. The number of rotatable bonds is 8. The maximum absolute atomic E-state index is 13.7. The molecule has 2 N–H and O–H groups in total. The summed E-state index contributed by atoms with van der Waals surface area (Å²) >= 11 is 0. The molecule has 3 rings (SSSR count). The van der Waals surface area contributed by atoms with E-state index in [9.17, 15) is 9.18 Å². The second kappa shape index (κ2) is 9.62. The zero-order valence-electron chi connectivity index (χ0n) is 15.5. The van der Waals surface area contributed by atoms with Crippen LogP contribution in [0.4, 0.5) is 4.39 Å². The van der Waals surface area contributed by atoms with Gasteiger partial charge in [-0.2, -0.15) is 0 Å². The summed E-state index contributed by atoms with van der Waals surface area (Å²) in [4.78, 5) is 14.6. The fourth-order valence-corrected chi connectivity index (χ4v) is 3.53. The third kappa shape index (κ3) is 5.37. The second-order valence-electron chi connectivity index (χ2n) is 7.06. The van der Waals surface area contributed by atoms with Crippen LogP contribution in [-0.4, -0.2) is 36.0 Å². The number of nitrogens with zero attached hydrogens (tertiary/aromatic N) is 1. The van der Waals surface area contributed by atoms with E-state index in [1.807, 2.05) is 35.2 Å². The van der Waals surface area contributed by atoms with Gasteiger partial charge in [0.2, 0.25) is 5.91 Å². The van der Waals surface area contributed by atoms with Crippen molar-refractivity contribution < 1.29 is 13.9 Å². The molecule has 0 aromatic heterocycles. The quantitative estimate of drug-likeness (QED) is 0.776. The highest BCUT2D eigenvalue weighted by atomic mass is 19.1. The molecule has 4 nitrogen and oxygen atoms in total. The molecule has 2 aromatic rings. The fraction of sp³-hybridized carbons (Fsp3) is 0.409. The van der Waals surface area contributed by atoms with Crippen LogP contribution in [0.25, 0.3) is 0 Å². The Labute approximate surface area is 160 Å². The SMILES string of the molecule is NC(CCc1ccccc1F)C(=O)N1CCC[C@H]1COCc1ccccc1. The van der Waals surface area contributed by atoms with Gasteiger partial charge >= 0.3 is 0 Å². The molecule has 1 aliphatic rings. The number of carbonyl (C=O) groups is 1. The summed E-state index contributed by atoms with van der Waals surface area (Å²) in [7, 11) is 0. The highest BCUT2D eigenvalue weighted by Gasteiger charge is 2.31. The van der Waals surface area contributed by atoms with E-state index < -0.39 is 6.04 Å². The molecule has 1 unspecified atom stereocenters. The lowest BCUT2D eigenvalue weighted by atomic mass is 10.0. The summed E-state index contributed by atoms with van der Waals surface area (Å²) in [5.74, 6) is -0.303. The molecule has 0 bridgehead atoms. The Morgan fingerprint density at radius 1 is 1.19 bits per heavy atom. The predicted molar refractivity (Wildman–Crippen MR) is 104 cm³/mol. The highest BCUT2D eigenvalue weighted by molar-refractivity contribution is 5.82. The van der Waals surface area contributed by atoms with Crippen molar-refractivity contribution in [2.45, 2.75) is 44.4 Å². The van der Waals surface area contributed by atoms with Gasteiger partial charge < -0.3 is 15.4 Å². The van der Waals surface area contributed by atoms with Crippen molar-refractivity contribution in [3.63, 3.8) is 0 Å². The molecule has 0 spiro atoms. The summed E-state index contributed by atoms with van der Waals surface area (Å²) in [5.41, 5.74) is 7.84. The third-order valence-electron chi connectivity index (χ3n) is 5.08. The van der Waals surface area contributed by atoms with Crippen LogP contribution in [0, 0.1) is 5.82 Å². The number of benzene rings is 2. The van der Waals surface area contributed by atoms with E-state index in [1.54, 1.807) is 18.2 Å². The number of amides is 1. The minimum Gasteiger partial charge on any atom is -0.375 e. The lowest BCUT2D eigenvalue weighted by molar-refractivity contribution is -0.134. The molecular weight excluding hydrogens is 343 g/mol. The van der Waals surface area contributed by atoms with Gasteiger partial charge in [0, 0.05) is 6.54 Å².